The average molecular weight is 431 g/mol. The third kappa shape index (κ3) is 4.54. The second-order valence-electron chi connectivity index (χ2n) is 7.84. The van der Waals surface area contributed by atoms with Gasteiger partial charge in [-0.05, 0) is 43.9 Å². The van der Waals surface area contributed by atoms with E-state index in [1.807, 2.05) is 62.4 Å². The number of nitrogens with zero attached hydrogens (tertiary/aromatic N) is 3. The highest BCUT2D eigenvalue weighted by Crippen LogP contribution is 2.20. The van der Waals surface area contributed by atoms with Crippen molar-refractivity contribution >= 4 is 23.3 Å². The number of carbonyl (C=O) groups excluding carboxylic acids is 1. The highest BCUT2D eigenvalue weighted by atomic mass is 16.1. The van der Waals surface area contributed by atoms with Crippen LogP contribution in [0, 0.1) is 20.8 Å². The van der Waals surface area contributed by atoms with Crippen LogP contribution in [0.5, 0.6) is 0 Å². The first-order chi connectivity index (χ1) is 15.4. The Morgan fingerprint density at radius 1 is 1.00 bits per heavy atom. The Balaban J connectivity index is 1.48. The summed E-state index contributed by atoms with van der Waals surface area (Å²) in [6.07, 6.45) is 0.480. The van der Waals surface area contributed by atoms with Crippen LogP contribution in [0.25, 0.3) is 5.78 Å². The number of amides is 1. The van der Waals surface area contributed by atoms with Crippen LogP contribution in [0.15, 0.2) is 53.3 Å². The van der Waals surface area contributed by atoms with Crippen molar-refractivity contribution in [2.45, 2.75) is 40.2 Å². The molecule has 8 heteroatoms. The summed E-state index contributed by atoms with van der Waals surface area (Å²) in [7, 11) is 0. The molecule has 0 radical (unpaired) electrons. The van der Waals surface area contributed by atoms with Crippen LogP contribution in [0.1, 0.15) is 34.4 Å². The Morgan fingerprint density at radius 3 is 2.44 bits per heavy atom. The second-order valence-corrected chi connectivity index (χ2v) is 7.84. The van der Waals surface area contributed by atoms with Crippen molar-refractivity contribution in [3.05, 3.63) is 86.8 Å². The van der Waals surface area contributed by atoms with Crippen molar-refractivity contribution in [2.75, 3.05) is 10.6 Å². The van der Waals surface area contributed by atoms with Gasteiger partial charge in [0.25, 0.3) is 11.3 Å². The first-order valence-corrected chi connectivity index (χ1v) is 10.5. The number of hydrogen-bond donors (Lipinski definition) is 3. The minimum absolute atomic E-state index is 0.138. The Bertz CT molecular complexity index is 1300. The zero-order valence-corrected chi connectivity index (χ0v) is 18.4. The largest absolute Gasteiger partial charge is 0.351 e. The molecule has 2 aromatic carbocycles. The molecule has 4 aromatic rings. The summed E-state index contributed by atoms with van der Waals surface area (Å²) in [5.74, 6) is 0.621. The molecule has 2 aromatic heterocycles. The van der Waals surface area contributed by atoms with E-state index in [2.05, 4.69) is 25.7 Å². The summed E-state index contributed by atoms with van der Waals surface area (Å²) in [5.41, 5.74) is 4.76. The van der Waals surface area contributed by atoms with Crippen molar-refractivity contribution in [1.29, 1.82) is 0 Å². The topological polar surface area (TPSA) is 104 Å². The van der Waals surface area contributed by atoms with Crippen LogP contribution >= 0.6 is 0 Å². The summed E-state index contributed by atoms with van der Waals surface area (Å²) in [4.78, 5) is 34.4. The molecule has 0 saturated heterocycles. The minimum atomic E-state index is -0.243. The molecular formula is C24H26N6O2. The van der Waals surface area contributed by atoms with E-state index in [4.69, 9.17) is 0 Å². The lowest BCUT2D eigenvalue weighted by Crippen LogP contribution is -2.24. The van der Waals surface area contributed by atoms with E-state index in [0.717, 1.165) is 22.4 Å². The van der Waals surface area contributed by atoms with Gasteiger partial charge in [0, 0.05) is 24.2 Å². The smallest absolute Gasteiger partial charge is 0.277 e. The number of aryl methyl sites for hydroxylation is 3. The normalized spacial score (nSPS) is 11.0. The van der Waals surface area contributed by atoms with Crippen LogP contribution in [-0.4, -0.2) is 25.5 Å². The minimum Gasteiger partial charge on any atom is -0.351 e. The van der Waals surface area contributed by atoms with Crippen molar-refractivity contribution < 1.29 is 4.79 Å². The fourth-order valence-electron chi connectivity index (χ4n) is 3.66. The fourth-order valence-corrected chi connectivity index (χ4v) is 3.66. The van der Waals surface area contributed by atoms with E-state index in [1.165, 1.54) is 4.52 Å². The lowest BCUT2D eigenvalue weighted by Gasteiger charge is -2.11. The fraction of sp³-hybridized carbons (Fsp3) is 0.250. The van der Waals surface area contributed by atoms with E-state index in [9.17, 15) is 9.59 Å². The maximum atomic E-state index is 13.0. The molecule has 3 N–H and O–H groups in total. The molecule has 0 spiro atoms. The van der Waals surface area contributed by atoms with Crippen LogP contribution in [0.3, 0.4) is 0 Å². The predicted octanol–water partition coefficient (Wildman–Crippen LogP) is 3.53. The number of H-pyrrole nitrogens is 1. The highest BCUT2D eigenvalue weighted by molar-refractivity contribution is 5.92. The van der Waals surface area contributed by atoms with E-state index in [1.54, 1.807) is 6.92 Å². The molecule has 0 aliphatic rings. The van der Waals surface area contributed by atoms with Crippen LogP contribution in [0.2, 0.25) is 0 Å². The van der Waals surface area contributed by atoms with Gasteiger partial charge in [0.1, 0.15) is 0 Å². The van der Waals surface area contributed by atoms with Crippen molar-refractivity contribution in [3.8, 4) is 0 Å². The van der Waals surface area contributed by atoms with Crippen molar-refractivity contribution in [1.82, 2.24) is 19.6 Å². The Kier molecular flexibility index (Phi) is 6.02. The Morgan fingerprint density at radius 2 is 1.72 bits per heavy atom. The molecule has 4 rings (SSSR count). The molecule has 0 bridgehead atoms. The van der Waals surface area contributed by atoms with Crippen LogP contribution < -0.4 is 16.2 Å². The molecule has 0 saturated carbocycles. The maximum absolute atomic E-state index is 13.0. The predicted molar refractivity (Wildman–Crippen MR) is 125 cm³/mol. The third-order valence-electron chi connectivity index (χ3n) is 5.45. The maximum Gasteiger partial charge on any atom is 0.277 e. The van der Waals surface area contributed by atoms with E-state index in [0.29, 0.717) is 35.9 Å². The van der Waals surface area contributed by atoms with E-state index in [-0.39, 0.29) is 17.9 Å². The number of aromatic nitrogens is 4. The van der Waals surface area contributed by atoms with Crippen molar-refractivity contribution in [3.63, 3.8) is 0 Å². The van der Waals surface area contributed by atoms with Gasteiger partial charge >= 0.3 is 0 Å². The monoisotopic (exact) mass is 430 g/mol. The van der Waals surface area contributed by atoms with Gasteiger partial charge in [-0.25, -0.2) is 4.98 Å². The first kappa shape index (κ1) is 21.3. The van der Waals surface area contributed by atoms with Gasteiger partial charge in [-0.15, -0.1) is 0 Å². The molecule has 0 aliphatic heterocycles. The van der Waals surface area contributed by atoms with Gasteiger partial charge in [0.2, 0.25) is 11.9 Å². The second kappa shape index (κ2) is 9.05. The zero-order valence-electron chi connectivity index (χ0n) is 18.4. The molecule has 8 nitrogen and oxygen atoms in total. The lowest BCUT2D eigenvalue weighted by atomic mass is 10.1. The third-order valence-corrected chi connectivity index (χ3v) is 5.45. The quantitative estimate of drug-likeness (QED) is 0.416. The number of nitrogens with one attached hydrogen (secondary N) is 3. The molecule has 164 valence electrons. The number of aromatic amines is 1. The number of benzene rings is 2. The Labute approximate surface area is 185 Å². The molecule has 0 fully saturated rings. The van der Waals surface area contributed by atoms with Crippen molar-refractivity contribution in [2.24, 2.45) is 0 Å². The van der Waals surface area contributed by atoms with Gasteiger partial charge < -0.3 is 10.6 Å². The number of carbonyl (C=O) groups is 1. The summed E-state index contributed by atoms with van der Waals surface area (Å²) in [6.45, 7) is 6.25. The van der Waals surface area contributed by atoms with E-state index < -0.39 is 0 Å². The highest BCUT2D eigenvalue weighted by Gasteiger charge is 2.15. The molecule has 0 atom stereocenters. The average Bonchev–Trinajstić information content (AvgIpc) is 3.18. The molecule has 32 heavy (non-hydrogen) atoms. The standard InChI is InChI=1S/C24H26N6O2/c1-15-8-7-9-16(2)21(15)27-20(31)13-12-19-17(3)26-24-28-23(29-30(24)22(19)32)25-14-18-10-5-4-6-11-18/h4-11H,12-14H2,1-3H3,(H,27,31)(H2,25,26,28,29). The van der Waals surface area contributed by atoms with Gasteiger partial charge in [-0.1, -0.05) is 48.5 Å². The summed E-state index contributed by atoms with van der Waals surface area (Å²) in [5, 5.41) is 9.10. The number of hydrogen-bond acceptors (Lipinski definition) is 5. The molecule has 1 amide bonds. The van der Waals surface area contributed by atoms with Gasteiger partial charge in [-0.3, -0.25) is 14.7 Å². The summed E-state index contributed by atoms with van der Waals surface area (Å²) < 4.78 is 1.32. The van der Waals surface area contributed by atoms with Crippen LogP contribution in [0.4, 0.5) is 11.6 Å². The molecule has 0 unspecified atom stereocenters. The number of anilines is 2. The molecular weight excluding hydrogens is 404 g/mol. The summed E-state index contributed by atoms with van der Waals surface area (Å²) >= 11 is 0. The van der Waals surface area contributed by atoms with Gasteiger partial charge in [0.05, 0.1) is 5.69 Å². The number of fused-ring (bicyclic) bond motifs is 1. The zero-order chi connectivity index (χ0) is 22.7. The molecule has 2 heterocycles. The summed E-state index contributed by atoms with van der Waals surface area (Å²) in [6, 6.07) is 15.8. The van der Waals surface area contributed by atoms with Crippen LogP contribution in [-0.2, 0) is 17.8 Å². The number of para-hydroxylation sites is 1. The first-order valence-electron chi connectivity index (χ1n) is 10.5. The SMILES string of the molecule is Cc1cccc(C)c1NC(=O)CCc1c(C)nc2nc(NCc3ccccc3)[nH]n2c1=O. The molecule has 0 aliphatic carbocycles. The lowest BCUT2D eigenvalue weighted by molar-refractivity contribution is -0.116. The number of rotatable bonds is 7. The Hall–Kier alpha value is -3.94. The van der Waals surface area contributed by atoms with Gasteiger partial charge in [0.15, 0.2) is 0 Å². The van der Waals surface area contributed by atoms with E-state index >= 15 is 0 Å². The van der Waals surface area contributed by atoms with Gasteiger partial charge in [-0.2, -0.15) is 9.50 Å².